The number of nitrogens with one attached hydrogen (secondary N) is 3. The van der Waals surface area contributed by atoms with Gasteiger partial charge in [-0.05, 0) is 45.0 Å². The van der Waals surface area contributed by atoms with E-state index in [0.29, 0.717) is 39.0 Å². The number of terminal acetylenes is 1. The zero-order chi connectivity index (χ0) is 30.3. The summed E-state index contributed by atoms with van der Waals surface area (Å²) >= 11 is 1.39. The Labute approximate surface area is 247 Å². The summed E-state index contributed by atoms with van der Waals surface area (Å²) in [6, 6.07) is 2.18. The van der Waals surface area contributed by atoms with Gasteiger partial charge in [-0.25, -0.2) is 15.4 Å². The van der Waals surface area contributed by atoms with Gasteiger partial charge in [0.1, 0.15) is 17.9 Å². The van der Waals surface area contributed by atoms with Crippen molar-refractivity contribution in [3.8, 4) is 18.4 Å². The summed E-state index contributed by atoms with van der Waals surface area (Å²) in [5.74, 6) is 5.86. The maximum Gasteiger partial charge on any atom is 0.193 e. The van der Waals surface area contributed by atoms with E-state index in [1.54, 1.807) is 7.05 Å². The van der Waals surface area contributed by atoms with Gasteiger partial charge in [-0.1, -0.05) is 69.6 Å². The van der Waals surface area contributed by atoms with Crippen LogP contribution in [0.1, 0.15) is 40.5 Å². The van der Waals surface area contributed by atoms with E-state index in [4.69, 9.17) is 21.8 Å². The molecule has 1 unspecified atom stereocenters. The minimum atomic E-state index is 0.469. The van der Waals surface area contributed by atoms with Gasteiger partial charge in [0, 0.05) is 32.5 Å². The number of nitrogens with zero attached hydrogens (tertiary/aromatic N) is 5. The molecule has 218 valence electrons. The first-order valence-corrected chi connectivity index (χ1v) is 14.9. The van der Waals surface area contributed by atoms with Crippen molar-refractivity contribution in [3.63, 3.8) is 0 Å². The first-order valence-electron chi connectivity index (χ1n) is 12.8. The number of thioether (sulfide) groups is 1. The minimum Gasteiger partial charge on any atom is -0.469 e. The van der Waals surface area contributed by atoms with Crippen molar-refractivity contribution in [2.45, 2.75) is 40.5 Å². The number of hydrazine groups is 1. The third-order valence-corrected chi connectivity index (χ3v) is 6.03. The van der Waals surface area contributed by atoms with Crippen molar-refractivity contribution in [1.29, 1.82) is 10.7 Å². The molecule has 0 aliphatic heterocycles. The van der Waals surface area contributed by atoms with E-state index in [1.165, 1.54) is 23.6 Å². The molecule has 0 aromatic rings. The second-order valence-electron chi connectivity index (χ2n) is 7.74. The highest BCUT2D eigenvalue weighted by molar-refractivity contribution is 8.16. The van der Waals surface area contributed by atoms with Gasteiger partial charge < -0.3 is 15.1 Å². The van der Waals surface area contributed by atoms with E-state index in [2.05, 4.69) is 70.1 Å². The smallest absolute Gasteiger partial charge is 0.193 e. The first-order chi connectivity index (χ1) is 19.4. The fourth-order valence-corrected chi connectivity index (χ4v) is 3.86. The fraction of sp³-hybridized carbons (Fsp3) is 0.414. The zero-order valence-corrected chi connectivity index (χ0v) is 26.3. The summed E-state index contributed by atoms with van der Waals surface area (Å²) in [7, 11) is 2.28. The molecule has 0 rings (SSSR count). The number of allylic oxidation sites excluding steroid dienone is 6. The number of ether oxygens (including phenoxy) is 1. The van der Waals surface area contributed by atoms with Gasteiger partial charge in [0.2, 0.25) is 0 Å². The second-order valence-corrected chi connectivity index (χ2v) is 9.78. The molecule has 1 atom stereocenters. The molecule has 0 radical (unpaired) electrons. The van der Waals surface area contributed by atoms with Crippen molar-refractivity contribution >= 4 is 43.6 Å². The van der Waals surface area contributed by atoms with Crippen LogP contribution in [0, 0.1) is 29.1 Å². The normalized spacial score (nSPS) is 12.4. The summed E-state index contributed by atoms with van der Waals surface area (Å²) in [4.78, 5) is 14.5. The second kappa shape index (κ2) is 30.3. The Morgan fingerprint density at radius 3 is 2.62 bits per heavy atom. The summed E-state index contributed by atoms with van der Waals surface area (Å²) in [6.45, 7) is 14.9. The number of hydrogen-bond acceptors (Lipinski definition) is 7. The van der Waals surface area contributed by atoms with Crippen LogP contribution in [0.25, 0.3) is 0 Å². The number of nitriles is 1. The molecule has 0 heterocycles. The SMILES string of the molecule is C#CCC(=NC)NNC/C(=C/C)OC=C.CCN(CCC#N)CCP/C=N/C(=NC=N)S/C=C/C=C\C=C(C)C. The maximum atomic E-state index is 8.63. The number of hydrogen-bond donors (Lipinski definition) is 3. The molecule has 0 saturated carbocycles. The van der Waals surface area contributed by atoms with Crippen LogP contribution in [-0.2, 0) is 4.74 Å². The highest BCUT2D eigenvalue weighted by Gasteiger charge is 2.00. The van der Waals surface area contributed by atoms with Crippen LogP contribution in [-0.4, -0.2) is 67.6 Å². The lowest BCUT2D eigenvalue weighted by Crippen LogP contribution is -2.38. The Hall–Kier alpha value is -3.27. The fourth-order valence-electron chi connectivity index (χ4n) is 2.46. The monoisotopic (exact) mass is 584 g/mol. The molecule has 0 aliphatic carbocycles. The number of aliphatic imine (C=N–C) groups is 3. The van der Waals surface area contributed by atoms with E-state index < -0.39 is 0 Å². The number of amidine groups is 2. The first kappa shape index (κ1) is 38.9. The largest absolute Gasteiger partial charge is 0.469 e. The van der Waals surface area contributed by atoms with Gasteiger partial charge in [-0.3, -0.25) is 10.4 Å². The molecule has 0 bridgehead atoms. The van der Waals surface area contributed by atoms with Crippen LogP contribution in [0.3, 0.4) is 0 Å². The van der Waals surface area contributed by atoms with Crippen LogP contribution < -0.4 is 10.9 Å². The van der Waals surface area contributed by atoms with E-state index in [1.807, 2.05) is 48.7 Å². The molecule has 9 nitrogen and oxygen atoms in total. The third kappa shape index (κ3) is 26.3. The van der Waals surface area contributed by atoms with Gasteiger partial charge in [-0.15, -0.1) is 6.42 Å². The van der Waals surface area contributed by atoms with Gasteiger partial charge in [0.15, 0.2) is 5.17 Å². The average Bonchev–Trinajstić information content (AvgIpc) is 2.95. The van der Waals surface area contributed by atoms with Gasteiger partial charge in [0.25, 0.3) is 0 Å². The molecular formula is C29H45N8OPS. The van der Waals surface area contributed by atoms with Crippen LogP contribution in [0.4, 0.5) is 0 Å². The Morgan fingerprint density at radius 1 is 1.27 bits per heavy atom. The lowest BCUT2D eigenvalue weighted by atomic mass is 10.3. The lowest BCUT2D eigenvalue weighted by molar-refractivity contribution is 0.313. The topological polar surface area (TPSA) is 121 Å². The quantitative estimate of drug-likeness (QED) is 0.0288. The molecule has 11 heteroatoms. The predicted molar refractivity (Wildman–Crippen MR) is 179 cm³/mol. The molecule has 0 aromatic heterocycles. The van der Waals surface area contributed by atoms with E-state index in [-0.39, 0.29) is 0 Å². The molecule has 0 spiro atoms. The van der Waals surface area contributed by atoms with Crippen LogP contribution in [0.2, 0.25) is 0 Å². The summed E-state index contributed by atoms with van der Waals surface area (Å²) < 4.78 is 5.11. The Morgan fingerprint density at radius 2 is 2.05 bits per heavy atom. The van der Waals surface area contributed by atoms with Crippen LogP contribution in [0.5, 0.6) is 0 Å². The average molecular weight is 585 g/mol. The van der Waals surface area contributed by atoms with Crippen LogP contribution in [0.15, 0.2) is 74.9 Å². The van der Waals surface area contributed by atoms with Crippen molar-refractivity contribution in [3.05, 3.63) is 60.0 Å². The van der Waals surface area contributed by atoms with Crippen LogP contribution >= 0.6 is 20.3 Å². The van der Waals surface area contributed by atoms with Crippen molar-refractivity contribution in [2.24, 2.45) is 15.0 Å². The van der Waals surface area contributed by atoms with Crippen molar-refractivity contribution < 1.29 is 4.74 Å². The Kier molecular flexibility index (Phi) is 29.4. The van der Waals surface area contributed by atoms with E-state index in [9.17, 15) is 0 Å². The highest BCUT2D eigenvalue weighted by atomic mass is 32.2. The highest BCUT2D eigenvalue weighted by Crippen LogP contribution is 2.11. The molecule has 0 fully saturated rings. The molecular weight excluding hydrogens is 539 g/mol. The molecule has 40 heavy (non-hydrogen) atoms. The molecule has 0 aromatic carbocycles. The predicted octanol–water partition coefficient (Wildman–Crippen LogP) is 5.86. The number of rotatable bonds is 17. The van der Waals surface area contributed by atoms with Gasteiger partial charge >= 0.3 is 0 Å². The minimum absolute atomic E-state index is 0.469. The zero-order valence-electron chi connectivity index (χ0n) is 24.5. The third-order valence-electron chi connectivity index (χ3n) is 4.50. The lowest BCUT2D eigenvalue weighted by Gasteiger charge is -2.17. The maximum absolute atomic E-state index is 8.63. The Balaban J connectivity index is 0. The standard InChI is InChI=1S/C18H28N5PS.C11H17N3O/c1-4-23(11-8-10-19)12-13-24-16-22-18(21-15-20)25-14-7-5-6-9-17(2)3;1-5-8-11(12-4)14-13-9-10(6-2)15-7-3/h5-7,9,14-16,20,24H,4,8,11-13H2,1-3H3;1,6-7,13H,3,8-9H2,2,4H3,(H,12,14)/b6-5-,14-7+,20-15?,21-18?,22-16+;10-6-. The van der Waals surface area contributed by atoms with Crippen molar-refractivity contribution in [1.82, 2.24) is 15.8 Å². The Bertz CT molecular complexity index is 996. The van der Waals surface area contributed by atoms with Crippen molar-refractivity contribution in [2.75, 3.05) is 39.4 Å². The van der Waals surface area contributed by atoms with E-state index >= 15 is 0 Å². The summed E-state index contributed by atoms with van der Waals surface area (Å²) in [6.07, 6.45) is 19.4. The molecule has 0 aliphatic rings. The molecule has 3 N–H and O–H groups in total. The van der Waals surface area contributed by atoms with E-state index in [0.717, 1.165) is 37.9 Å². The molecule has 0 saturated heterocycles. The summed E-state index contributed by atoms with van der Waals surface area (Å²) in [5.41, 5.74) is 7.09. The molecule has 0 amide bonds. The summed E-state index contributed by atoms with van der Waals surface area (Å²) in [5, 5.41) is 18.2. The van der Waals surface area contributed by atoms with Gasteiger partial charge in [-0.2, -0.15) is 5.26 Å². The van der Waals surface area contributed by atoms with Gasteiger partial charge in [0.05, 0.1) is 25.3 Å².